The number of hydrogen-bond acceptors (Lipinski definition) is 1. The number of ether oxygens (including phenoxy) is 1. The average Bonchev–Trinajstić information content (AvgIpc) is 2.44. The lowest BCUT2D eigenvalue weighted by Gasteiger charge is -2.50. The normalized spacial score (nSPS) is 33.4. The molecule has 0 aromatic rings. The van der Waals surface area contributed by atoms with Gasteiger partial charge in [-0.2, -0.15) is 0 Å². The first-order valence-corrected chi connectivity index (χ1v) is 9.46. The van der Waals surface area contributed by atoms with Gasteiger partial charge >= 0.3 is 0 Å². The Balaban J connectivity index is 1.92. The van der Waals surface area contributed by atoms with Crippen molar-refractivity contribution in [2.75, 3.05) is 27.7 Å². The SMILES string of the molecule is CC(C)(C[N+](C)(C)C)[C@H]1O[C@H]2CCCC[C@@H]2C2=C1CCCC2. The molecule has 1 heterocycles. The van der Waals surface area contributed by atoms with Crippen LogP contribution >= 0.6 is 0 Å². The number of rotatable bonds is 3. The van der Waals surface area contributed by atoms with E-state index in [1.165, 1.54) is 57.9 Å². The van der Waals surface area contributed by atoms with E-state index in [4.69, 9.17) is 4.74 Å². The average molecular weight is 307 g/mol. The maximum absolute atomic E-state index is 6.80. The van der Waals surface area contributed by atoms with E-state index in [9.17, 15) is 0 Å². The summed E-state index contributed by atoms with van der Waals surface area (Å²) in [5, 5.41) is 0. The van der Waals surface area contributed by atoms with Crippen LogP contribution in [-0.2, 0) is 4.74 Å². The van der Waals surface area contributed by atoms with Gasteiger partial charge in [-0.15, -0.1) is 0 Å². The molecule has 3 rings (SSSR count). The second kappa shape index (κ2) is 5.94. The van der Waals surface area contributed by atoms with E-state index in [0.717, 1.165) is 10.4 Å². The molecule has 126 valence electrons. The van der Waals surface area contributed by atoms with Crippen LogP contribution in [0.15, 0.2) is 11.1 Å². The second-order valence-corrected chi connectivity index (χ2v) is 9.64. The molecule has 0 aromatic heterocycles. The molecule has 3 atom stereocenters. The molecule has 0 radical (unpaired) electrons. The van der Waals surface area contributed by atoms with Gasteiger partial charge in [0.2, 0.25) is 0 Å². The molecule has 0 spiro atoms. The fourth-order valence-corrected chi connectivity index (χ4v) is 5.55. The van der Waals surface area contributed by atoms with Crippen molar-refractivity contribution in [2.24, 2.45) is 11.3 Å². The van der Waals surface area contributed by atoms with Crippen molar-refractivity contribution in [3.63, 3.8) is 0 Å². The lowest BCUT2D eigenvalue weighted by molar-refractivity contribution is -0.877. The molecule has 0 amide bonds. The van der Waals surface area contributed by atoms with E-state index in [2.05, 4.69) is 35.0 Å². The third-order valence-electron chi connectivity index (χ3n) is 5.92. The van der Waals surface area contributed by atoms with Crippen molar-refractivity contribution in [1.29, 1.82) is 0 Å². The fourth-order valence-electron chi connectivity index (χ4n) is 5.55. The first-order valence-electron chi connectivity index (χ1n) is 9.46. The molecule has 0 unspecified atom stereocenters. The summed E-state index contributed by atoms with van der Waals surface area (Å²) in [7, 11) is 6.93. The minimum Gasteiger partial charge on any atom is -0.369 e. The zero-order valence-electron chi connectivity index (χ0n) is 15.5. The van der Waals surface area contributed by atoms with E-state index in [1.54, 1.807) is 5.57 Å². The Morgan fingerprint density at radius 3 is 2.27 bits per heavy atom. The second-order valence-electron chi connectivity index (χ2n) is 9.64. The molecule has 0 N–H and O–H groups in total. The fraction of sp³-hybridized carbons (Fsp3) is 0.900. The summed E-state index contributed by atoms with van der Waals surface area (Å²) in [4.78, 5) is 0. The summed E-state index contributed by atoms with van der Waals surface area (Å²) in [6.07, 6.45) is 11.8. The summed E-state index contributed by atoms with van der Waals surface area (Å²) < 4.78 is 7.82. The van der Waals surface area contributed by atoms with Crippen LogP contribution in [0.1, 0.15) is 65.2 Å². The van der Waals surface area contributed by atoms with Gasteiger partial charge in [-0.1, -0.05) is 32.3 Å². The van der Waals surface area contributed by atoms with E-state index in [-0.39, 0.29) is 5.41 Å². The third-order valence-corrected chi connectivity index (χ3v) is 5.92. The Morgan fingerprint density at radius 1 is 0.955 bits per heavy atom. The Hall–Kier alpha value is -0.340. The number of quaternary nitrogens is 1. The zero-order valence-corrected chi connectivity index (χ0v) is 15.5. The van der Waals surface area contributed by atoms with Crippen LogP contribution in [-0.4, -0.2) is 44.4 Å². The molecular weight excluding hydrogens is 270 g/mol. The van der Waals surface area contributed by atoms with Crippen LogP contribution in [0.2, 0.25) is 0 Å². The monoisotopic (exact) mass is 306 g/mol. The van der Waals surface area contributed by atoms with Crippen LogP contribution in [0.5, 0.6) is 0 Å². The van der Waals surface area contributed by atoms with Gasteiger partial charge in [-0.3, -0.25) is 0 Å². The highest BCUT2D eigenvalue weighted by Gasteiger charge is 2.46. The molecule has 0 saturated heterocycles. The third kappa shape index (κ3) is 3.28. The standard InChI is InChI=1S/C20H36NO/c1-20(2,14-21(3,4)5)19-17-12-7-6-10-15(17)16-11-8-9-13-18(16)22-19/h16,18-19H,6-14H2,1-5H3/q+1/t16-,18+,19+/m1/s1. The molecule has 3 aliphatic rings. The molecule has 2 nitrogen and oxygen atoms in total. The summed E-state index contributed by atoms with van der Waals surface area (Å²) in [6, 6.07) is 0. The summed E-state index contributed by atoms with van der Waals surface area (Å²) in [6.45, 7) is 6.04. The first-order chi connectivity index (χ1) is 10.3. The van der Waals surface area contributed by atoms with Crippen molar-refractivity contribution in [3.8, 4) is 0 Å². The van der Waals surface area contributed by atoms with E-state index in [1.807, 2.05) is 5.57 Å². The smallest absolute Gasteiger partial charge is 0.0896 e. The predicted molar refractivity (Wildman–Crippen MR) is 92.8 cm³/mol. The Kier molecular flexibility index (Phi) is 4.46. The Morgan fingerprint density at radius 2 is 1.59 bits per heavy atom. The number of nitrogens with zero attached hydrogens (tertiary/aromatic N) is 1. The lowest BCUT2D eigenvalue weighted by atomic mass is 9.68. The largest absolute Gasteiger partial charge is 0.369 e. The number of hydrogen-bond donors (Lipinski definition) is 0. The molecule has 0 bridgehead atoms. The molecule has 1 aliphatic heterocycles. The van der Waals surface area contributed by atoms with Crippen LogP contribution in [0.4, 0.5) is 0 Å². The first kappa shape index (κ1) is 16.5. The van der Waals surface area contributed by atoms with Gasteiger partial charge in [0.15, 0.2) is 0 Å². The van der Waals surface area contributed by atoms with Gasteiger partial charge in [0, 0.05) is 11.3 Å². The topological polar surface area (TPSA) is 9.23 Å². The van der Waals surface area contributed by atoms with Crippen molar-refractivity contribution in [3.05, 3.63) is 11.1 Å². The highest BCUT2D eigenvalue weighted by atomic mass is 16.5. The van der Waals surface area contributed by atoms with Crippen molar-refractivity contribution < 1.29 is 9.22 Å². The minimum absolute atomic E-state index is 0.221. The predicted octanol–water partition coefficient (Wildman–Crippen LogP) is 4.55. The molecule has 1 saturated carbocycles. The van der Waals surface area contributed by atoms with Gasteiger partial charge in [-0.25, -0.2) is 0 Å². The van der Waals surface area contributed by atoms with E-state index < -0.39 is 0 Å². The quantitative estimate of drug-likeness (QED) is 0.549. The molecule has 22 heavy (non-hydrogen) atoms. The van der Waals surface area contributed by atoms with Gasteiger partial charge in [-0.05, 0) is 44.1 Å². The Labute approximate surface area is 137 Å². The molecule has 2 aliphatic carbocycles. The van der Waals surface area contributed by atoms with Crippen molar-refractivity contribution in [2.45, 2.75) is 77.4 Å². The lowest BCUT2D eigenvalue weighted by Crippen LogP contribution is -2.52. The molecular formula is C20H36NO+. The van der Waals surface area contributed by atoms with Gasteiger partial charge in [0.1, 0.15) is 0 Å². The summed E-state index contributed by atoms with van der Waals surface area (Å²) >= 11 is 0. The number of fused-ring (bicyclic) bond motifs is 2. The zero-order chi connectivity index (χ0) is 16.0. The van der Waals surface area contributed by atoms with Gasteiger partial charge in [0.05, 0.1) is 39.9 Å². The van der Waals surface area contributed by atoms with Crippen LogP contribution in [0.3, 0.4) is 0 Å². The van der Waals surface area contributed by atoms with Gasteiger partial charge in [0.25, 0.3) is 0 Å². The minimum atomic E-state index is 0.221. The van der Waals surface area contributed by atoms with E-state index >= 15 is 0 Å². The van der Waals surface area contributed by atoms with Crippen LogP contribution in [0.25, 0.3) is 0 Å². The summed E-state index contributed by atoms with van der Waals surface area (Å²) in [5.41, 5.74) is 3.77. The van der Waals surface area contributed by atoms with Crippen LogP contribution in [0, 0.1) is 11.3 Å². The van der Waals surface area contributed by atoms with E-state index in [0.29, 0.717) is 12.2 Å². The molecule has 2 heteroatoms. The van der Waals surface area contributed by atoms with Crippen molar-refractivity contribution >= 4 is 0 Å². The molecule has 1 fully saturated rings. The Bertz CT molecular complexity index is 443. The highest BCUT2D eigenvalue weighted by molar-refractivity contribution is 5.29. The van der Waals surface area contributed by atoms with Crippen molar-refractivity contribution in [1.82, 2.24) is 0 Å². The maximum atomic E-state index is 6.80. The molecule has 0 aromatic carbocycles. The summed E-state index contributed by atoms with van der Waals surface area (Å²) in [5.74, 6) is 0.764. The maximum Gasteiger partial charge on any atom is 0.0896 e. The highest BCUT2D eigenvalue weighted by Crippen LogP contribution is 2.49. The van der Waals surface area contributed by atoms with Gasteiger partial charge < -0.3 is 9.22 Å². The van der Waals surface area contributed by atoms with Crippen LogP contribution < -0.4 is 0 Å².